The molecule has 7 nitrogen and oxygen atoms in total. The van der Waals surface area contributed by atoms with E-state index in [1.165, 1.54) is 16.8 Å². The summed E-state index contributed by atoms with van der Waals surface area (Å²) in [6.45, 7) is 3.27. The number of methoxy groups -OCH3 is 1. The van der Waals surface area contributed by atoms with Crippen LogP contribution in [0.25, 0.3) is 0 Å². The fourth-order valence-electron chi connectivity index (χ4n) is 4.02. The third-order valence-electron chi connectivity index (χ3n) is 5.75. The SMILES string of the molecule is COc1ccc(CCn2nc(C(=O)N(C)C)c3c2CCN(Cc2ccncc2)C3)cc1. The van der Waals surface area contributed by atoms with Gasteiger partial charge in [-0.3, -0.25) is 19.4 Å². The summed E-state index contributed by atoms with van der Waals surface area (Å²) in [4.78, 5) is 20.9. The lowest BCUT2D eigenvalue weighted by Gasteiger charge is -2.28. The standard InChI is InChI=1S/C24H29N5O2/c1-27(2)24(30)23-21-17-28(16-19-8-12-25-13-9-19)14-11-22(21)29(26-23)15-10-18-4-6-20(31-3)7-5-18/h4-9,12-13H,10-11,14-17H2,1-3H3. The molecule has 7 heteroatoms. The van der Waals surface area contributed by atoms with E-state index in [-0.39, 0.29) is 5.91 Å². The lowest BCUT2D eigenvalue weighted by molar-refractivity contribution is 0.0818. The van der Waals surface area contributed by atoms with E-state index < -0.39 is 0 Å². The molecule has 0 spiro atoms. The lowest BCUT2D eigenvalue weighted by atomic mass is 10.0. The molecule has 1 aromatic carbocycles. The summed E-state index contributed by atoms with van der Waals surface area (Å²) in [5.74, 6) is 0.818. The molecule has 0 fully saturated rings. The number of hydrogen-bond donors (Lipinski definition) is 0. The van der Waals surface area contributed by atoms with Crippen LogP contribution in [0.1, 0.15) is 32.9 Å². The van der Waals surface area contributed by atoms with Crippen molar-refractivity contribution in [1.82, 2.24) is 24.6 Å². The van der Waals surface area contributed by atoms with Crippen LogP contribution in [0.15, 0.2) is 48.8 Å². The average Bonchev–Trinajstić information content (AvgIpc) is 3.16. The molecule has 1 amide bonds. The van der Waals surface area contributed by atoms with Gasteiger partial charge in [0.1, 0.15) is 5.75 Å². The Morgan fingerprint density at radius 1 is 1.10 bits per heavy atom. The molecule has 4 rings (SSSR count). The molecule has 0 atom stereocenters. The van der Waals surface area contributed by atoms with Gasteiger partial charge in [-0.15, -0.1) is 0 Å². The molecule has 1 aliphatic rings. The van der Waals surface area contributed by atoms with E-state index >= 15 is 0 Å². The molecular weight excluding hydrogens is 390 g/mol. The number of pyridine rings is 1. The number of aromatic nitrogens is 3. The number of hydrogen-bond acceptors (Lipinski definition) is 5. The first-order chi connectivity index (χ1) is 15.0. The smallest absolute Gasteiger partial charge is 0.274 e. The van der Waals surface area contributed by atoms with Crippen LogP contribution >= 0.6 is 0 Å². The lowest BCUT2D eigenvalue weighted by Crippen LogP contribution is -2.32. The minimum atomic E-state index is -0.0368. The van der Waals surface area contributed by atoms with Crippen molar-refractivity contribution in [3.63, 3.8) is 0 Å². The van der Waals surface area contributed by atoms with Crippen molar-refractivity contribution in [2.45, 2.75) is 32.5 Å². The van der Waals surface area contributed by atoms with Crippen LogP contribution in [0.3, 0.4) is 0 Å². The quantitative estimate of drug-likeness (QED) is 0.589. The van der Waals surface area contributed by atoms with Crippen molar-refractivity contribution in [3.8, 4) is 5.75 Å². The Balaban J connectivity index is 1.55. The monoisotopic (exact) mass is 419 g/mol. The molecule has 3 aromatic rings. The number of aryl methyl sites for hydroxylation is 2. The minimum Gasteiger partial charge on any atom is -0.497 e. The van der Waals surface area contributed by atoms with Crippen LogP contribution in [0.2, 0.25) is 0 Å². The Morgan fingerprint density at radius 3 is 2.52 bits per heavy atom. The zero-order valence-corrected chi connectivity index (χ0v) is 18.4. The van der Waals surface area contributed by atoms with Crippen LogP contribution in [0, 0.1) is 0 Å². The van der Waals surface area contributed by atoms with Gasteiger partial charge >= 0.3 is 0 Å². The summed E-state index contributed by atoms with van der Waals surface area (Å²) in [5, 5.41) is 4.77. The number of benzene rings is 1. The predicted octanol–water partition coefficient (Wildman–Crippen LogP) is 2.79. The van der Waals surface area contributed by atoms with Crippen LogP contribution in [-0.2, 0) is 32.5 Å². The first-order valence-corrected chi connectivity index (χ1v) is 10.6. The fraction of sp³-hybridized carbons (Fsp3) is 0.375. The second-order valence-electron chi connectivity index (χ2n) is 8.11. The van der Waals surface area contributed by atoms with Crippen molar-refractivity contribution >= 4 is 5.91 Å². The summed E-state index contributed by atoms with van der Waals surface area (Å²) in [6, 6.07) is 12.2. The van der Waals surface area contributed by atoms with Crippen molar-refractivity contribution in [1.29, 1.82) is 0 Å². The number of carbonyl (C=O) groups excluding carboxylic acids is 1. The van der Waals surface area contributed by atoms with Gasteiger partial charge in [0, 0.05) is 70.3 Å². The van der Waals surface area contributed by atoms with Crippen molar-refractivity contribution in [2.75, 3.05) is 27.7 Å². The molecule has 162 valence electrons. The van der Waals surface area contributed by atoms with Crippen LogP contribution in [-0.4, -0.2) is 58.2 Å². The summed E-state index contributed by atoms with van der Waals surface area (Å²) < 4.78 is 7.28. The molecule has 2 aromatic heterocycles. The third-order valence-corrected chi connectivity index (χ3v) is 5.75. The van der Waals surface area contributed by atoms with Gasteiger partial charge in [-0.25, -0.2) is 0 Å². The molecular formula is C24H29N5O2. The number of carbonyl (C=O) groups is 1. The van der Waals surface area contributed by atoms with E-state index in [0.717, 1.165) is 50.3 Å². The predicted molar refractivity (Wildman–Crippen MR) is 119 cm³/mol. The van der Waals surface area contributed by atoms with Crippen molar-refractivity contribution < 1.29 is 9.53 Å². The minimum absolute atomic E-state index is 0.0368. The Hall–Kier alpha value is -3.19. The van der Waals surface area contributed by atoms with E-state index in [0.29, 0.717) is 5.69 Å². The maximum absolute atomic E-state index is 12.8. The van der Waals surface area contributed by atoms with Crippen molar-refractivity contribution in [3.05, 3.63) is 76.9 Å². The first-order valence-electron chi connectivity index (χ1n) is 10.6. The molecule has 0 unspecified atom stereocenters. The van der Waals surface area contributed by atoms with Gasteiger partial charge < -0.3 is 9.64 Å². The Morgan fingerprint density at radius 2 is 1.84 bits per heavy atom. The zero-order valence-electron chi connectivity index (χ0n) is 18.4. The highest BCUT2D eigenvalue weighted by Gasteiger charge is 2.28. The largest absolute Gasteiger partial charge is 0.497 e. The Kier molecular flexibility index (Phi) is 6.32. The maximum atomic E-state index is 12.8. The number of nitrogens with zero attached hydrogens (tertiary/aromatic N) is 5. The van der Waals surface area contributed by atoms with Gasteiger partial charge in [0.2, 0.25) is 0 Å². The number of ether oxygens (including phenoxy) is 1. The Bertz CT molecular complexity index is 1030. The molecule has 0 saturated carbocycles. The number of amides is 1. The van der Waals surface area contributed by atoms with Gasteiger partial charge in [0.25, 0.3) is 5.91 Å². The topological polar surface area (TPSA) is 63.5 Å². The van der Waals surface area contributed by atoms with Gasteiger partial charge in [-0.05, 0) is 41.8 Å². The molecule has 0 radical (unpaired) electrons. The van der Waals surface area contributed by atoms with Gasteiger partial charge in [-0.1, -0.05) is 12.1 Å². The zero-order chi connectivity index (χ0) is 21.8. The van der Waals surface area contributed by atoms with E-state index in [4.69, 9.17) is 9.84 Å². The van der Waals surface area contributed by atoms with E-state index in [9.17, 15) is 4.79 Å². The number of rotatable bonds is 7. The number of fused-ring (bicyclic) bond motifs is 1. The first kappa shape index (κ1) is 21.1. The van der Waals surface area contributed by atoms with E-state index in [1.54, 1.807) is 26.1 Å². The summed E-state index contributed by atoms with van der Waals surface area (Å²) in [6.07, 6.45) is 5.39. The second-order valence-corrected chi connectivity index (χ2v) is 8.11. The molecule has 31 heavy (non-hydrogen) atoms. The van der Waals surface area contributed by atoms with Gasteiger partial charge in [-0.2, -0.15) is 5.10 Å². The van der Waals surface area contributed by atoms with Crippen molar-refractivity contribution in [2.24, 2.45) is 0 Å². The van der Waals surface area contributed by atoms with Crippen LogP contribution in [0.5, 0.6) is 5.75 Å². The Labute approximate surface area is 183 Å². The van der Waals surface area contributed by atoms with Gasteiger partial charge in [0.05, 0.1) is 7.11 Å². The maximum Gasteiger partial charge on any atom is 0.274 e. The molecule has 0 bridgehead atoms. The summed E-state index contributed by atoms with van der Waals surface area (Å²) in [5.41, 5.74) is 5.28. The highest BCUT2D eigenvalue weighted by Crippen LogP contribution is 2.25. The molecule has 0 saturated heterocycles. The summed E-state index contributed by atoms with van der Waals surface area (Å²) in [7, 11) is 5.23. The fourth-order valence-corrected chi connectivity index (χ4v) is 4.02. The highest BCUT2D eigenvalue weighted by molar-refractivity contribution is 5.93. The van der Waals surface area contributed by atoms with Crippen LogP contribution in [0.4, 0.5) is 0 Å². The van der Waals surface area contributed by atoms with E-state index in [1.807, 2.05) is 41.3 Å². The molecule has 0 N–H and O–H groups in total. The van der Waals surface area contributed by atoms with Crippen LogP contribution < -0.4 is 4.74 Å². The van der Waals surface area contributed by atoms with E-state index in [2.05, 4.69) is 22.0 Å². The third kappa shape index (κ3) is 4.77. The molecule has 0 aliphatic carbocycles. The molecule has 1 aliphatic heterocycles. The highest BCUT2D eigenvalue weighted by atomic mass is 16.5. The summed E-state index contributed by atoms with van der Waals surface area (Å²) >= 11 is 0. The second kappa shape index (κ2) is 9.31. The van der Waals surface area contributed by atoms with Gasteiger partial charge in [0.15, 0.2) is 5.69 Å². The average molecular weight is 420 g/mol. The normalized spacial score (nSPS) is 13.6. The molecule has 3 heterocycles.